The van der Waals surface area contributed by atoms with Crippen molar-refractivity contribution in [3.8, 4) is 0 Å². The van der Waals surface area contributed by atoms with Gasteiger partial charge in [0.15, 0.2) is 11.0 Å². The number of carbonyl (C=O) groups excluding carboxylic acids is 1. The molecule has 1 aliphatic rings. The highest BCUT2D eigenvalue weighted by molar-refractivity contribution is 7.98. The Morgan fingerprint density at radius 1 is 1.37 bits per heavy atom. The molecule has 0 amide bonds. The van der Waals surface area contributed by atoms with Crippen molar-refractivity contribution < 1.29 is 9.53 Å². The number of nitrogens with one attached hydrogen (secondary N) is 1. The number of hydrogen-bond donors (Lipinski definition) is 1. The predicted octanol–water partition coefficient (Wildman–Crippen LogP) is 3.88. The van der Waals surface area contributed by atoms with E-state index < -0.39 is 5.41 Å². The minimum absolute atomic E-state index is 0.170. The standard InChI is InChI=1S/C20H24N4O2S/c1-5-26-18(25)20(9-7-6-8-10-20)15-11-14-12-21-19(27-4)24-16(14)17(23-15)22-13(2)3/h6-9,11-13H,5,10H2,1-4H3,(H,22,23)/t20-/m0/s1. The SMILES string of the molecule is CCOC(=O)[C@@]1(c2cc3cnc(SC)nc3c(NC(C)C)n2)C=CC=CC1. The van der Waals surface area contributed by atoms with E-state index in [1.165, 1.54) is 11.8 Å². The van der Waals surface area contributed by atoms with Gasteiger partial charge in [0.1, 0.15) is 10.9 Å². The van der Waals surface area contributed by atoms with E-state index in [9.17, 15) is 4.79 Å². The maximum absolute atomic E-state index is 12.9. The molecule has 0 saturated carbocycles. The molecule has 1 atom stereocenters. The average molecular weight is 385 g/mol. The summed E-state index contributed by atoms with van der Waals surface area (Å²) in [4.78, 5) is 26.7. The second-order valence-electron chi connectivity index (χ2n) is 6.63. The number of hydrogen-bond acceptors (Lipinski definition) is 7. The molecule has 0 radical (unpaired) electrons. The van der Waals surface area contributed by atoms with Gasteiger partial charge >= 0.3 is 5.97 Å². The maximum Gasteiger partial charge on any atom is 0.322 e. The molecule has 27 heavy (non-hydrogen) atoms. The Labute approximate surface area is 163 Å². The third-order valence-electron chi connectivity index (χ3n) is 4.32. The topological polar surface area (TPSA) is 77.0 Å². The minimum Gasteiger partial charge on any atom is -0.465 e. The van der Waals surface area contributed by atoms with Crippen LogP contribution in [0.4, 0.5) is 5.82 Å². The predicted molar refractivity (Wildman–Crippen MR) is 109 cm³/mol. The van der Waals surface area contributed by atoms with Crippen molar-refractivity contribution in [3.05, 3.63) is 42.3 Å². The summed E-state index contributed by atoms with van der Waals surface area (Å²) < 4.78 is 5.39. The van der Waals surface area contributed by atoms with Gasteiger partial charge in [-0.15, -0.1) is 0 Å². The van der Waals surface area contributed by atoms with E-state index in [0.717, 1.165) is 10.9 Å². The number of rotatable bonds is 6. The number of pyridine rings is 1. The molecule has 0 bridgehead atoms. The number of ether oxygens (including phenoxy) is 1. The largest absolute Gasteiger partial charge is 0.465 e. The molecule has 2 aromatic rings. The molecule has 7 heteroatoms. The van der Waals surface area contributed by atoms with Gasteiger partial charge in [-0.3, -0.25) is 4.79 Å². The molecule has 6 nitrogen and oxygen atoms in total. The molecule has 2 aromatic heterocycles. The zero-order valence-electron chi connectivity index (χ0n) is 16.0. The number of carbonyl (C=O) groups is 1. The van der Waals surface area contributed by atoms with Crippen LogP contribution >= 0.6 is 11.8 Å². The monoisotopic (exact) mass is 384 g/mol. The van der Waals surface area contributed by atoms with E-state index >= 15 is 0 Å². The Balaban J connectivity index is 2.21. The minimum atomic E-state index is -0.940. The fourth-order valence-electron chi connectivity index (χ4n) is 3.05. The molecular formula is C20H24N4O2S. The van der Waals surface area contributed by atoms with E-state index in [-0.39, 0.29) is 12.0 Å². The summed E-state index contributed by atoms with van der Waals surface area (Å²) in [5.74, 6) is 0.358. The molecule has 0 saturated heterocycles. The summed E-state index contributed by atoms with van der Waals surface area (Å²) in [6.45, 7) is 6.22. The lowest BCUT2D eigenvalue weighted by Gasteiger charge is -2.29. The van der Waals surface area contributed by atoms with Crippen LogP contribution in [0, 0.1) is 0 Å². The van der Waals surface area contributed by atoms with Crippen LogP contribution in [-0.2, 0) is 14.9 Å². The van der Waals surface area contributed by atoms with E-state index in [0.29, 0.717) is 29.7 Å². The van der Waals surface area contributed by atoms with Gasteiger partial charge in [-0.2, -0.15) is 0 Å². The lowest BCUT2D eigenvalue weighted by molar-refractivity contribution is -0.148. The molecule has 2 heterocycles. The number of allylic oxidation sites excluding steroid dienone is 3. The Bertz CT molecular complexity index is 910. The summed E-state index contributed by atoms with van der Waals surface area (Å²) in [5.41, 5.74) is 0.448. The van der Waals surface area contributed by atoms with E-state index in [1.807, 2.05) is 57.4 Å². The van der Waals surface area contributed by atoms with Crippen LogP contribution in [-0.4, -0.2) is 39.8 Å². The summed E-state index contributed by atoms with van der Waals surface area (Å²) in [6, 6.07) is 2.06. The van der Waals surface area contributed by atoms with Crippen LogP contribution in [0.15, 0.2) is 41.7 Å². The first kappa shape index (κ1) is 19.4. The van der Waals surface area contributed by atoms with Gasteiger partial charge in [0.25, 0.3) is 0 Å². The van der Waals surface area contributed by atoms with Gasteiger partial charge in [0.05, 0.1) is 12.3 Å². The van der Waals surface area contributed by atoms with Crippen molar-refractivity contribution in [2.24, 2.45) is 0 Å². The van der Waals surface area contributed by atoms with Crippen molar-refractivity contribution in [1.29, 1.82) is 0 Å². The van der Waals surface area contributed by atoms with Gasteiger partial charge < -0.3 is 10.1 Å². The molecule has 3 rings (SSSR count). The fraction of sp³-hybridized carbons (Fsp3) is 0.400. The van der Waals surface area contributed by atoms with Crippen molar-refractivity contribution in [2.45, 2.75) is 43.8 Å². The van der Waals surface area contributed by atoms with E-state index in [2.05, 4.69) is 15.3 Å². The van der Waals surface area contributed by atoms with Crippen LogP contribution < -0.4 is 5.32 Å². The summed E-state index contributed by atoms with van der Waals surface area (Å²) in [6.07, 6.45) is 11.9. The van der Waals surface area contributed by atoms with Gasteiger partial charge in [-0.25, -0.2) is 15.0 Å². The van der Waals surface area contributed by atoms with Crippen LogP contribution in [0.2, 0.25) is 0 Å². The Kier molecular flexibility index (Phi) is 5.79. The zero-order chi connectivity index (χ0) is 19.4. The van der Waals surface area contributed by atoms with E-state index in [4.69, 9.17) is 9.72 Å². The lowest BCUT2D eigenvalue weighted by Crippen LogP contribution is -2.37. The molecule has 0 fully saturated rings. The number of nitrogens with zero attached hydrogens (tertiary/aromatic N) is 3. The fourth-order valence-corrected chi connectivity index (χ4v) is 3.39. The zero-order valence-corrected chi connectivity index (χ0v) is 16.8. The highest BCUT2D eigenvalue weighted by atomic mass is 32.2. The first-order valence-corrected chi connectivity index (χ1v) is 10.2. The van der Waals surface area contributed by atoms with Crippen molar-refractivity contribution >= 4 is 34.5 Å². The Morgan fingerprint density at radius 2 is 2.19 bits per heavy atom. The number of fused-ring (bicyclic) bond motifs is 1. The molecular weight excluding hydrogens is 360 g/mol. The van der Waals surface area contributed by atoms with Crippen LogP contribution in [0.1, 0.15) is 32.9 Å². The summed E-state index contributed by atoms with van der Waals surface area (Å²) in [5, 5.41) is 4.89. The highest BCUT2D eigenvalue weighted by Gasteiger charge is 2.41. The summed E-state index contributed by atoms with van der Waals surface area (Å²) >= 11 is 1.48. The van der Waals surface area contributed by atoms with Crippen molar-refractivity contribution in [3.63, 3.8) is 0 Å². The third kappa shape index (κ3) is 3.83. The van der Waals surface area contributed by atoms with Crippen molar-refractivity contribution in [2.75, 3.05) is 18.2 Å². The van der Waals surface area contributed by atoms with Crippen LogP contribution in [0.5, 0.6) is 0 Å². The molecule has 0 aliphatic heterocycles. The first-order valence-electron chi connectivity index (χ1n) is 9.00. The third-order valence-corrected chi connectivity index (χ3v) is 4.88. The van der Waals surface area contributed by atoms with Gasteiger partial charge in [-0.1, -0.05) is 36.1 Å². The molecule has 0 unspecified atom stereocenters. The Hall–Kier alpha value is -2.41. The van der Waals surface area contributed by atoms with Crippen LogP contribution in [0.3, 0.4) is 0 Å². The van der Waals surface area contributed by atoms with Crippen LogP contribution in [0.25, 0.3) is 10.9 Å². The molecule has 1 N–H and O–H groups in total. The number of aromatic nitrogens is 3. The lowest BCUT2D eigenvalue weighted by atomic mass is 9.78. The average Bonchev–Trinajstić information content (AvgIpc) is 2.67. The maximum atomic E-state index is 12.9. The quantitative estimate of drug-likeness (QED) is 0.460. The normalized spacial score (nSPS) is 18.9. The molecule has 0 aromatic carbocycles. The second kappa shape index (κ2) is 8.08. The number of esters is 1. The molecule has 142 valence electrons. The number of anilines is 1. The first-order chi connectivity index (χ1) is 13.0. The highest BCUT2D eigenvalue weighted by Crippen LogP contribution is 2.36. The van der Waals surface area contributed by atoms with Gasteiger partial charge in [0.2, 0.25) is 0 Å². The summed E-state index contributed by atoms with van der Waals surface area (Å²) in [7, 11) is 0. The van der Waals surface area contributed by atoms with Gasteiger partial charge in [0, 0.05) is 17.6 Å². The van der Waals surface area contributed by atoms with E-state index in [1.54, 1.807) is 6.20 Å². The molecule has 0 spiro atoms. The molecule has 1 aliphatic carbocycles. The Morgan fingerprint density at radius 3 is 2.81 bits per heavy atom. The van der Waals surface area contributed by atoms with Crippen molar-refractivity contribution in [1.82, 2.24) is 15.0 Å². The number of thioether (sulfide) groups is 1. The van der Waals surface area contributed by atoms with Gasteiger partial charge in [-0.05, 0) is 39.5 Å². The smallest absolute Gasteiger partial charge is 0.322 e. The second-order valence-corrected chi connectivity index (χ2v) is 7.41.